The number of aromatic hydroxyl groups is 1. The summed E-state index contributed by atoms with van der Waals surface area (Å²) in [5, 5.41) is 21.5. The fraction of sp³-hybridized carbons (Fsp3) is 0. The van der Waals surface area contributed by atoms with Crippen molar-refractivity contribution in [2.24, 2.45) is 0 Å². The summed E-state index contributed by atoms with van der Waals surface area (Å²) >= 11 is 1.35. The molecule has 0 spiro atoms. The molecule has 0 aliphatic heterocycles. The molecule has 0 saturated heterocycles. The first-order chi connectivity index (χ1) is 10.3. The third kappa shape index (κ3) is 2.71. The Morgan fingerprint density at radius 2 is 2.14 bits per heavy atom. The van der Waals surface area contributed by atoms with Crippen LogP contribution in [0.1, 0.15) is 10.8 Å². The molecule has 2 heterocycles. The van der Waals surface area contributed by atoms with Crippen LogP contribution in [0.4, 0.5) is 0 Å². The second kappa shape index (κ2) is 5.65. The SMILES string of the molecule is N#C/C(=C\c1ccco1)c1nc(-c2ccccc2O)cs1. The first kappa shape index (κ1) is 13.2. The van der Waals surface area contributed by atoms with Gasteiger partial charge in [-0.2, -0.15) is 5.26 Å². The van der Waals surface area contributed by atoms with Gasteiger partial charge in [-0.05, 0) is 24.3 Å². The number of benzene rings is 1. The van der Waals surface area contributed by atoms with E-state index in [4.69, 9.17) is 4.42 Å². The Morgan fingerprint density at radius 3 is 2.86 bits per heavy atom. The Labute approximate surface area is 125 Å². The third-order valence-electron chi connectivity index (χ3n) is 2.86. The van der Waals surface area contributed by atoms with E-state index in [0.717, 1.165) is 0 Å². The molecule has 4 nitrogen and oxygen atoms in total. The van der Waals surface area contributed by atoms with Gasteiger partial charge in [0.2, 0.25) is 0 Å². The molecule has 0 amide bonds. The van der Waals surface area contributed by atoms with Crippen LogP contribution in [0.5, 0.6) is 5.75 Å². The van der Waals surface area contributed by atoms with Crippen molar-refractivity contribution in [3.63, 3.8) is 0 Å². The van der Waals surface area contributed by atoms with Gasteiger partial charge in [-0.25, -0.2) is 4.98 Å². The van der Waals surface area contributed by atoms with Gasteiger partial charge < -0.3 is 9.52 Å². The highest BCUT2D eigenvalue weighted by molar-refractivity contribution is 7.11. The summed E-state index contributed by atoms with van der Waals surface area (Å²) in [5.41, 5.74) is 1.72. The number of phenolic OH excluding ortho intramolecular Hbond substituents is 1. The Morgan fingerprint density at radius 1 is 1.29 bits per heavy atom. The summed E-state index contributed by atoms with van der Waals surface area (Å²) in [5.74, 6) is 0.772. The second-order valence-corrected chi connectivity index (χ2v) is 5.10. The maximum Gasteiger partial charge on any atom is 0.134 e. The van der Waals surface area contributed by atoms with E-state index >= 15 is 0 Å². The first-order valence-corrected chi connectivity index (χ1v) is 7.05. The number of nitriles is 1. The molecule has 0 saturated carbocycles. The standard InChI is InChI=1S/C16H10N2O2S/c17-9-11(8-12-4-3-7-20-12)16-18-14(10-21-16)13-5-1-2-6-15(13)19/h1-8,10,19H/b11-8+. The van der Waals surface area contributed by atoms with Crippen molar-refractivity contribution >= 4 is 23.0 Å². The van der Waals surface area contributed by atoms with Crippen LogP contribution in [0.15, 0.2) is 52.5 Å². The highest BCUT2D eigenvalue weighted by Crippen LogP contribution is 2.31. The molecule has 0 bridgehead atoms. The fourth-order valence-corrected chi connectivity index (χ4v) is 2.65. The number of rotatable bonds is 3. The molecule has 21 heavy (non-hydrogen) atoms. The van der Waals surface area contributed by atoms with Gasteiger partial charge in [-0.15, -0.1) is 11.3 Å². The summed E-state index contributed by atoms with van der Waals surface area (Å²) in [6.07, 6.45) is 3.20. The first-order valence-electron chi connectivity index (χ1n) is 6.17. The summed E-state index contributed by atoms with van der Waals surface area (Å²) in [6, 6.07) is 12.6. The number of furan rings is 1. The molecule has 2 aromatic heterocycles. The Hall–Kier alpha value is -2.84. The third-order valence-corrected chi connectivity index (χ3v) is 3.74. The molecular weight excluding hydrogens is 284 g/mol. The van der Waals surface area contributed by atoms with E-state index in [1.807, 2.05) is 11.4 Å². The minimum absolute atomic E-state index is 0.169. The van der Waals surface area contributed by atoms with E-state index in [-0.39, 0.29) is 5.75 Å². The maximum absolute atomic E-state index is 9.85. The highest BCUT2D eigenvalue weighted by atomic mass is 32.1. The van der Waals surface area contributed by atoms with Crippen LogP contribution in [0.25, 0.3) is 22.9 Å². The zero-order valence-electron chi connectivity index (χ0n) is 10.9. The lowest BCUT2D eigenvalue weighted by Crippen LogP contribution is -1.82. The molecule has 102 valence electrons. The van der Waals surface area contributed by atoms with E-state index in [9.17, 15) is 10.4 Å². The molecular formula is C16H10N2O2S. The molecule has 0 atom stereocenters. The number of hydrogen-bond donors (Lipinski definition) is 1. The molecule has 3 aromatic rings. The van der Waals surface area contributed by atoms with E-state index in [1.165, 1.54) is 11.3 Å². The van der Waals surface area contributed by atoms with Gasteiger partial charge in [-0.1, -0.05) is 12.1 Å². The summed E-state index contributed by atoms with van der Waals surface area (Å²) in [4.78, 5) is 4.42. The van der Waals surface area contributed by atoms with Gasteiger partial charge >= 0.3 is 0 Å². The average molecular weight is 294 g/mol. The average Bonchev–Trinajstić information content (AvgIpc) is 3.17. The lowest BCUT2D eigenvalue weighted by atomic mass is 10.1. The number of thiazole rings is 1. The van der Waals surface area contributed by atoms with Crippen LogP contribution in [0.2, 0.25) is 0 Å². The van der Waals surface area contributed by atoms with Gasteiger partial charge in [0.25, 0.3) is 0 Å². The van der Waals surface area contributed by atoms with Crippen LogP contribution in [0, 0.1) is 11.3 Å². The maximum atomic E-state index is 9.85. The van der Waals surface area contributed by atoms with Gasteiger partial charge in [-0.3, -0.25) is 0 Å². The molecule has 0 unspecified atom stereocenters. The Bertz CT molecular complexity index is 826. The zero-order chi connectivity index (χ0) is 14.7. The molecule has 5 heteroatoms. The molecule has 1 aromatic carbocycles. The monoisotopic (exact) mass is 294 g/mol. The van der Waals surface area contributed by atoms with E-state index in [0.29, 0.717) is 27.6 Å². The Kier molecular flexibility index (Phi) is 3.54. The quantitative estimate of drug-likeness (QED) is 0.736. The largest absolute Gasteiger partial charge is 0.507 e. The van der Waals surface area contributed by atoms with Crippen molar-refractivity contribution in [2.75, 3.05) is 0 Å². The van der Waals surface area contributed by atoms with E-state index in [2.05, 4.69) is 11.1 Å². The summed E-state index contributed by atoms with van der Waals surface area (Å²) < 4.78 is 5.21. The zero-order valence-corrected chi connectivity index (χ0v) is 11.7. The lowest BCUT2D eigenvalue weighted by Gasteiger charge is -1.99. The van der Waals surface area contributed by atoms with Crippen LogP contribution in [0.3, 0.4) is 0 Å². The number of para-hydroxylation sites is 1. The smallest absolute Gasteiger partial charge is 0.134 e. The molecule has 0 fully saturated rings. The topological polar surface area (TPSA) is 70.0 Å². The number of phenols is 1. The summed E-state index contributed by atoms with van der Waals surface area (Å²) in [6.45, 7) is 0. The Balaban J connectivity index is 1.98. The van der Waals surface area contributed by atoms with Crippen molar-refractivity contribution in [3.8, 4) is 23.1 Å². The van der Waals surface area contributed by atoms with Crippen LogP contribution in [-0.4, -0.2) is 10.1 Å². The van der Waals surface area contributed by atoms with Crippen LogP contribution >= 0.6 is 11.3 Å². The van der Waals surface area contributed by atoms with Gasteiger partial charge in [0.05, 0.1) is 17.5 Å². The van der Waals surface area contributed by atoms with Gasteiger partial charge in [0.1, 0.15) is 22.6 Å². The molecule has 1 N–H and O–H groups in total. The predicted molar refractivity (Wildman–Crippen MR) is 81.4 cm³/mol. The van der Waals surface area contributed by atoms with Gasteiger partial charge in [0, 0.05) is 17.0 Å². The predicted octanol–water partition coefficient (Wildman–Crippen LogP) is 4.17. The van der Waals surface area contributed by atoms with Crippen molar-refractivity contribution in [1.29, 1.82) is 5.26 Å². The van der Waals surface area contributed by atoms with Crippen molar-refractivity contribution < 1.29 is 9.52 Å². The highest BCUT2D eigenvalue weighted by Gasteiger charge is 2.11. The van der Waals surface area contributed by atoms with Crippen LogP contribution in [-0.2, 0) is 0 Å². The van der Waals surface area contributed by atoms with Crippen LogP contribution < -0.4 is 0 Å². The van der Waals surface area contributed by atoms with Gasteiger partial charge in [0.15, 0.2) is 0 Å². The second-order valence-electron chi connectivity index (χ2n) is 4.24. The minimum atomic E-state index is 0.169. The molecule has 0 aliphatic carbocycles. The number of hydrogen-bond acceptors (Lipinski definition) is 5. The number of allylic oxidation sites excluding steroid dienone is 1. The van der Waals surface area contributed by atoms with E-state index in [1.54, 1.807) is 42.7 Å². The minimum Gasteiger partial charge on any atom is -0.507 e. The van der Waals surface area contributed by atoms with Crippen molar-refractivity contribution in [1.82, 2.24) is 4.98 Å². The van der Waals surface area contributed by atoms with Crippen molar-refractivity contribution in [3.05, 3.63) is 58.8 Å². The van der Waals surface area contributed by atoms with E-state index < -0.39 is 0 Å². The summed E-state index contributed by atoms with van der Waals surface area (Å²) in [7, 11) is 0. The normalized spacial score (nSPS) is 11.3. The molecule has 3 rings (SSSR count). The number of nitrogens with zero attached hydrogens (tertiary/aromatic N) is 2. The fourth-order valence-electron chi connectivity index (χ4n) is 1.87. The molecule has 0 aliphatic rings. The molecule has 0 radical (unpaired) electrons. The van der Waals surface area contributed by atoms with Crippen molar-refractivity contribution in [2.45, 2.75) is 0 Å². The lowest BCUT2D eigenvalue weighted by molar-refractivity contribution is 0.477. The number of aromatic nitrogens is 1.